The molecule has 0 radical (unpaired) electrons. The lowest BCUT2D eigenvalue weighted by Gasteiger charge is -2.10. The smallest absolute Gasteiger partial charge is 0.342 e. The molecular formula is C21H19BrN2O7S. The number of carboxylic acids is 1. The van der Waals surface area contributed by atoms with E-state index >= 15 is 0 Å². The summed E-state index contributed by atoms with van der Waals surface area (Å²) in [6.07, 6.45) is 1.45. The van der Waals surface area contributed by atoms with Crippen LogP contribution in [-0.4, -0.2) is 49.7 Å². The zero-order chi connectivity index (χ0) is 23.3. The van der Waals surface area contributed by atoms with E-state index in [0.717, 1.165) is 11.8 Å². The van der Waals surface area contributed by atoms with E-state index in [1.54, 1.807) is 30.3 Å². The van der Waals surface area contributed by atoms with Crippen LogP contribution in [0.4, 0.5) is 0 Å². The van der Waals surface area contributed by atoms with Crippen molar-refractivity contribution in [1.82, 2.24) is 10.2 Å². The quantitative estimate of drug-likeness (QED) is 0.311. The third-order valence-electron chi connectivity index (χ3n) is 4.20. The first-order valence-corrected chi connectivity index (χ1v) is 10.6. The van der Waals surface area contributed by atoms with E-state index in [2.05, 4.69) is 26.1 Å². The summed E-state index contributed by atoms with van der Waals surface area (Å²) >= 11 is 4.21. The van der Waals surface area contributed by atoms with Gasteiger partial charge in [0.1, 0.15) is 27.9 Å². The molecule has 2 aromatic carbocycles. The number of aliphatic carboxylic acids is 1. The predicted octanol–water partition coefficient (Wildman–Crippen LogP) is 4.75. The summed E-state index contributed by atoms with van der Waals surface area (Å²) in [6, 6.07) is 8.47. The Labute approximate surface area is 196 Å². The molecule has 0 aliphatic rings. The van der Waals surface area contributed by atoms with Gasteiger partial charge in [0, 0.05) is 23.3 Å². The lowest BCUT2D eigenvalue weighted by Crippen LogP contribution is -1.98. The Bertz CT molecular complexity index is 1140. The molecule has 0 fully saturated rings. The number of hydrogen-bond acceptors (Lipinski definition) is 9. The van der Waals surface area contributed by atoms with Crippen LogP contribution < -0.4 is 18.9 Å². The van der Waals surface area contributed by atoms with E-state index in [-0.39, 0.29) is 16.0 Å². The molecule has 0 saturated carbocycles. The topological polar surface area (TPSA) is 113 Å². The number of halogens is 1. The van der Waals surface area contributed by atoms with Crippen molar-refractivity contribution >= 4 is 39.7 Å². The summed E-state index contributed by atoms with van der Waals surface area (Å²) < 4.78 is 27.4. The first-order valence-electron chi connectivity index (χ1n) is 8.99. The molecule has 32 heavy (non-hydrogen) atoms. The summed E-state index contributed by atoms with van der Waals surface area (Å²) in [7, 11) is 6.08. The van der Waals surface area contributed by atoms with Crippen LogP contribution in [0.15, 0.2) is 49.3 Å². The minimum absolute atomic E-state index is 0.0428. The lowest BCUT2D eigenvalue weighted by atomic mass is 10.1. The highest BCUT2D eigenvalue weighted by Crippen LogP contribution is 2.37. The second-order valence-electron chi connectivity index (χ2n) is 6.12. The van der Waals surface area contributed by atoms with Crippen LogP contribution in [0.25, 0.3) is 17.5 Å². The van der Waals surface area contributed by atoms with Gasteiger partial charge in [0.25, 0.3) is 5.22 Å². The van der Waals surface area contributed by atoms with Crippen LogP contribution in [0.5, 0.6) is 23.0 Å². The van der Waals surface area contributed by atoms with Crippen LogP contribution in [0, 0.1) is 0 Å². The molecule has 1 aromatic heterocycles. The number of methoxy groups -OCH3 is 4. The van der Waals surface area contributed by atoms with Crippen molar-refractivity contribution in [3.63, 3.8) is 0 Å². The Hall–Kier alpha value is -3.18. The van der Waals surface area contributed by atoms with E-state index in [9.17, 15) is 9.90 Å². The SMILES string of the molecule is COc1cc(OC)cc(-c2nnc(S/C(=C\c3cc(Br)c(OC)cc3OC)C(=O)O)o2)c1. The second-order valence-corrected chi connectivity index (χ2v) is 7.97. The highest BCUT2D eigenvalue weighted by Gasteiger charge is 2.18. The minimum Gasteiger partial charge on any atom is -0.497 e. The highest BCUT2D eigenvalue weighted by molar-refractivity contribution is 9.10. The fourth-order valence-electron chi connectivity index (χ4n) is 2.66. The van der Waals surface area contributed by atoms with Crippen molar-refractivity contribution in [2.45, 2.75) is 5.22 Å². The molecule has 0 amide bonds. The standard InChI is InChI=1S/C21H19BrN2O7S/c1-27-13-5-12(6-14(9-13)28-2)19-23-24-21(31-19)32-18(20(25)26)8-11-7-15(22)17(30-4)10-16(11)29-3/h5-10H,1-4H3,(H,25,26)/b18-8-. The monoisotopic (exact) mass is 522 g/mol. The van der Waals surface area contributed by atoms with E-state index < -0.39 is 5.97 Å². The number of hydrogen-bond donors (Lipinski definition) is 1. The third kappa shape index (κ3) is 5.35. The Morgan fingerprint density at radius 2 is 1.62 bits per heavy atom. The minimum atomic E-state index is -1.16. The number of rotatable bonds is 9. The second kappa shape index (κ2) is 10.4. The molecule has 0 atom stereocenters. The van der Waals surface area contributed by atoms with Crippen molar-refractivity contribution < 1.29 is 33.3 Å². The lowest BCUT2D eigenvalue weighted by molar-refractivity contribution is -0.131. The summed E-state index contributed by atoms with van der Waals surface area (Å²) in [6.45, 7) is 0. The van der Waals surface area contributed by atoms with Gasteiger partial charge in [0.2, 0.25) is 5.89 Å². The first-order chi connectivity index (χ1) is 15.4. The molecular weight excluding hydrogens is 504 g/mol. The largest absolute Gasteiger partial charge is 0.497 e. The van der Waals surface area contributed by atoms with Crippen LogP contribution in [-0.2, 0) is 4.79 Å². The number of ether oxygens (including phenoxy) is 4. The van der Waals surface area contributed by atoms with Crippen molar-refractivity contribution in [3.05, 3.63) is 45.3 Å². The number of benzene rings is 2. The van der Waals surface area contributed by atoms with E-state index in [4.69, 9.17) is 23.4 Å². The maximum absolute atomic E-state index is 11.9. The van der Waals surface area contributed by atoms with Gasteiger partial charge in [0.05, 0.1) is 32.9 Å². The van der Waals surface area contributed by atoms with Gasteiger partial charge in [-0.1, -0.05) is 0 Å². The average Bonchev–Trinajstić information content (AvgIpc) is 3.27. The molecule has 11 heteroatoms. The molecule has 1 N–H and O–H groups in total. The van der Waals surface area contributed by atoms with Gasteiger partial charge in [-0.05, 0) is 52.0 Å². The number of thioether (sulfide) groups is 1. The van der Waals surface area contributed by atoms with Crippen LogP contribution in [0.1, 0.15) is 5.56 Å². The Kier molecular flexibility index (Phi) is 7.65. The summed E-state index contributed by atoms with van der Waals surface area (Å²) in [5.74, 6) is 1.13. The summed E-state index contributed by atoms with van der Waals surface area (Å²) in [5, 5.41) is 17.7. The Morgan fingerprint density at radius 1 is 0.969 bits per heavy atom. The van der Waals surface area contributed by atoms with Gasteiger partial charge in [-0.2, -0.15) is 0 Å². The number of carboxylic acid groups (broad SMARTS) is 1. The fourth-order valence-corrected chi connectivity index (χ4v) is 3.85. The molecule has 3 aromatic rings. The molecule has 168 valence electrons. The summed E-state index contributed by atoms with van der Waals surface area (Å²) in [4.78, 5) is 11.8. The van der Waals surface area contributed by atoms with E-state index in [1.807, 2.05) is 0 Å². The van der Waals surface area contributed by atoms with Gasteiger partial charge in [-0.15, -0.1) is 10.2 Å². The fraction of sp³-hybridized carbons (Fsp3) is 0.190. The third-order valence-corrected chi connectivity index (χ3v) is 5.68. The molecule has 0 aliphatic heterocycles. The molecule has 3 rings (SSSR count). The van der Waals surface area contributed by atoms with Crippen LogP contribution in [0.3, 0.4) is 0 Å². The number of nitrogens with zero attached hydrogens (tertiary/aromatic N) is 2. The number of carbonyl (C=O) groups is 1. The number of aromatic nitrogens is 2. The molecule has 0 saturated heterocycles. The van der Waals surface area contributed by atoms with Gasteiger partial charge in [0.15, 0.2) is 0 Å². The molecule has 0 spiro atoms. The maximum atomic E-state index is 11.9. The Balaban J connectivity index is 1.93. The first kappa shape index (κ1) is 23.5. The predicted molar refractivity (Wildman–Crippen MR) is 122 cm³/mol. The van der Waals surface area contributed by atoms with Crippen LogP contribution >= 0.6 is 27.7 Å². The van der Waals surface area contributed by atoms with E-state index in [1.165, 1.54) is 34.5 Å². The van der Waals surface area contributed by atoms with Crippen LogP contribution in [0.2, 0.25) is 0 Å². The van der Waals surface area contributed by atoms with Crippen molar-refractivity contribution in [2.24, 2.45) is 0 Å². The molecule has 1 heterocycles. The van der Waals surface area contributed by atoms with Crippen molar-refractivity contribution in [1.29, 1.82) is 0 Å². The van der Waals surface area contributed by atoms with Gasteiger partial charge < -0.3 is 28.5 Å². The normalized spacial score (nSPS) is 11.2. The zero-order valence-electron chi connectivity index (χ0n) is 17.5. The maximum Gasteiger partial charge on any atom is 0.342 e. The zero-order valence-corrected chi connectivity index (χ0v) is 19.9. The van der Waals surface area contributed by atoms with Crippen molar-refractivity contribution in [2.75, 3.05) is 28.4 Å². The van der Waals surface area contributed by atoms with Gasteiger partial charge in [-0.3, -0.25) is 0 Å². The van der Waals surface area contributed by atoms with Gasteiger partial charge in [-0.25, -0.2) is 4.79 Å². The van der Waals surface area contributed by atoms with Gasteiger partial charge >= 0.3 is 5.97 Å². The summed E-state index contributed by atoms with van der Waals surface area (Å²) in [5.41, 5.74) is 1.10. The molecule has 0 bridgehead atoms. The van der Waals surface area contributed by atoms with Crippen molar-refractivity contribution in [3.8, 4) is 34.5 Å². The molecule has 0 aliphatic carbocycles. The Morgan fingerprint density at radius 3 is 2.19 bits per heavy atom. The molecule has 9 nitrogen and oxygen atoms in total. The average molecular weight is 523 g/mol. The molecule has 0 unspecified atom stereocenters. The highest BCUT2D eigenvalue weighted by atomic mass is 79.9. The van der Waals surface area contributed by atoms with E-state index in [0.29, 0.717) is 38.6 Å².